The molecule has 0 saturated heterocycles. The predicted molar refractivity (Wildman–Crippen MR) is 50.6 cm³/mol. The molecule has 0 bridgehead atoms. The van der Waals surface area contributed by atoms with Crippen LogP contribution in [0.15, 0.2) is 36.4 Å². The molecule has 0 aromatic heterocycles. The molecule has 1 radical (unpaired) electrons. The van der Waals surface area contributed by atoms with Gasteiger partial charge in [-0.1, -0.05) is 12.1 Å². The third-order valence-corrected chi connectivity index (χ3v) is 1.97. The van der Waals surface area contributed by atoms with E-state index in [2.05, 4.69) is 6.07 Å². The lowest BCUT2D eigenvalue weighted by Crippen LogP contribution is -1.87. The van der Waals surface area contributed by atoms with E-state index in [0.29, 0.717) is 5.56 Å². The lowest BCUT2D eigenvalue weighted by Gasteiger charge is -2.02. The van der Waals surface area contributed by atoms with Gasteiger partial charge in [-0.25, -0.2) is 13.2 Å². The highest BCUT2D eigenvalue weighted by Crippen LogP contribution is 2.23. The normalized spacial score (nSPS) is 10.3. The highest BCUT2D eigenvalue weighted by Gasteiger charge is 2.06. The molecule has 0 N–H and O–H groups in total. The van der Waals surface area contributed by atoms with Gasteiger partial charge in [-0.2, -0.15) is 0 Å². The summed E-state index contributed by atoms with van der Waals surface area (Å²) >= 11 is 0. The van der Waals surface area contributed by atoms with Crippen LogP contribution in [-0.2, 0) is 0 Å². The second-order valence-electron chi connectivity index (χ2n) is 3.05. The van der Waals surface area contributed by atoms with Gasteiger partial charge in [0.05, 0.1) is 0 Å². The Morgan fingerprint density at radius 2 is 1.73 bits per heavy atom. The van der Waals surface area contributed by atoms with E-state index in [9.17, 15) is 13.2 Å². The fourth-order valence-electron chi connectivity index (χ4n) is 1.31. The molecule has 0 aliphatic heterocycles. The Morgan fingerprint density at radius 1 is 0.933 bits per heavy atom. The highest BCUT2D eigenvalue weighted by atomic mass is 19.1. The van der Waals surface area contributed by atoms with Gasteiger partial charge in [-0.15, -0.1) is 0 Å². The van der Waals surface area contributed by atoms with Gasteiger partial charge in [0.15, 0.2) is 0 Å². The number of hydrogen-bond donors (Lipinski definition) is 0. The van der Waals surface area contributed by atoms with Crippen LogP contribution in [0.5, 0.6) is 0 Å². The number of benzene rings is 2. The van der Waals surface area contributed by atoms with Crippen molar-refractivity contribution in [2.45, 2.75) is 0 Å². The van der Waals surface area contributed by atoms with Crippen molar-refractivity contribution in [2.24, 2.45) is 0 Å². The second kappa shape index (κ2) is 3.77. The van der Waals surface area contributed by atoms with Crippen LogP contribution in [0.3, 0.4) is 0 Å². The first-order valence-electron chi connectivity index (χ1n) is 4.29. The molecule has 0 atom stereocenters. The Labute approximate surface area is 85.0 Å². The summed E-state index contributed by atoms with van der Waals surface area (Å²) in [4.78, 5) is 0. The molecule has 0 spiro atoms. The summed E-state index contributed by atoms with van der Waals surface area (Å²) in [5.74, 6) is -1.92. The molecular formula is C12H6F3. The molecule has 2 aromatic rings. The Balaban J connectivity index is 2.54. The minimum absolute atomic E-state index is 0.0656. The second-order valence-corrected chi connectivity index (χ2v) is 3.05. The summed E-state index contributed by atoms with van der Waals surface area (Å²) in [6.07, 6.45) is 0. The Hall–Kier alpha value is -1.77. The third kappa shape index (κ3) is 2.01. The molecule has 75 valence electrons. The van der Waals surface area contributed by atoms with Gasteiger partial charge in [-0.05, 0) is 29.8 Å². The smallest absolute Gasteiger partial charge is 0.134 e. The summed E-state index contributed by atoms with van der Waals surface area (Å²) in [6.45, 7) is 0. The number of halogens is 3. The largest absolute Gasteiger partial charge is 0.207 e. The van der Waals surface area contributed by atoms with Crippen LogP contribution in [0.4, 0.5) is 13.2 Å². The number of rotatable bonds is 1. The van der Waals surface area contributed by atoms with Gasteiger partial charge in [0.1, 0.15) is 17.5 Å². The van der Waals surface area contributed by atoms with Crippen LogP contribution >= 0.6 is 0 Å². The fourth-order valence-corrected chi connectivity index (χ4v) is 1.31. The fraction of sp³-hybridized carbons (Fsp3) is 0. The lowest BCUT2D eigenvalue weighted by molar-refractivity contribution is 0.585. The molecule has 0 nitrogen and oxygen atoms in total. The van der Waals surface area contributed by atoms with E-state index in [0.717, 1.165) is 12.1 Å². The van der Waals surface area contributed by atoms with E-state index in [1.54, 1.807) is 0 Å². The van der Waals surface area contributed by atoms with E-state index in [1.807, 2.05) is 0 Å². The molecular weight excluding hydrogens is 201 g/mol. The Kier molecular flexibility index (Phi) is 2.46. The standard InChI is InChI=1S/C12H6F3/c13-9-3-1-2-8(6-9)11-5-4-10(14)7-12(11)15/h1-4,6-7H. The van der Waals surface area contributed by atoms with Crippen molar-refractivity contribution < 1.29 is 13.2 Å². The lowest BCUT2D eigenvalue weighted by atomic mass is 10.1. The van der Waals surface area contributed by atoms with Gasteiger partial charge in [0.25, 0.3) is 0 Å². The van der Waals surface area contributed by atoms with E-state index in [1.165, 1.54) is 24.3 Å². The molecule has 3 heteroatoms. The minimum atomic E-state index is -0.749. The molecule has 0 aliphatic carbocycles. The van der Waals surface area contributed by atoms with Gasteiger partial charge in [0, 0.05) is 11.6 Å². The molecule has 0 fully saturated rings. The SMILES string of the molecule is Fc1cccc(-c2[c]cc(F)cc2F)c1. The minimum Gasteiger partial charge on any atom is -0.207 e. The third-order valence-electron chi connectivity index (χ3n) is 1.97. The molecule has 0 saturated carbocycles. The van der Waals surface area contributed by atoms with Crippen LogP contribution in [0.1, 0.15) is 0 Å². The van der Waals surface area contributed by atoms with Gasteiger partial charge in [0.2, 0.25) is 0 Å². The van der Waals surface area contributed by atoms with E-state index < -0.39 is 17.5 Å². The predicted octanol–water partition coefficient (Wildman–Crippen LogP) is 3.57. The Morgan fingerprint density at radius 3 is 2.40 bits per heavy atom. The van der Waals surface area contributed by atoms with Crippen molar-refractivity contribution in [3.05, 3.63) is 59.9 Å². The van der Waals surface area contributed by atoms with Crippen molar-refractivity contribution >= 4 is 0 Å². The zero-order valence-electron chi connectivity index (χ0n) is 7.60. The molecule has 0 unspecified atom stereocenters. The summed E-state index contributed by atoms with van der Waals surface area (Å²) in [5, 5.41) is 0. The first-order valence-corrected chi connectivity index (χ1v) is 4.29. The zero-order valence-corrected chi connectivity index (χ0v) is 7.60. The van der Waals surface area contributed by atoms with E-state index >= 15 is 0 Å². The van der Waals surface area contributed by atoms with Crippen molar-refractivity contribution in [3.8, 4) is 11.1 Å². The summed E-state index contributed by atoms with van der Waals surface area (Å²) in [6, 6.07) is 9.62. The van der Waals surface area contributed by atoms with Crippen molar-refractivity contribution in [2.75, 3.05) is 0 Å². The van der Waals surface area contributed by atoms with Crippen LogP contribution < -0.4 is 0 Å². The monoisotopic (exact) mass is 207 g/mol. The molecule has 2 rings (SSSR count). The van der Waals surface area contributed by atoms with Crippen LogP contribution in [0.2, 0.25) is 0 Å². The van der Waals surface area contributed by atoms with Gasteiger partial charge >= 0.3 is 0 Å². The quantitative estimate of drug-likeness (QED) is 0.670. The molecule has 2 aromatic carbocycles. The average Bonchev–Trinajstić information content (AvgIpc) is 2.17. The van der Waals surface area contributed by atoms with Crippen molar-refractivity contribution in [1.82, 2.24) is 0 Å². The first kappa shape index (κ1) is 9.77. The zero-order chi connectivity index (χ0) is 10.8. The molecule has 0 amide bonds. The number of hydrogen-bond acceptors (Lipinski definition) is 0. The molecule has 0 heterocycles. The van der Waals surface area contributed by atoms with Gasteiger partial charge in [-0.3, -0.25) is 0 Å². The maximum absolute atomic E-state index is 13.3. The van der Waals surface area contributed by atoms with Crippen LogP contribution in [-0.4, -0.2) is 0 Å². The van der Waals surface area contributed by atoms with E-state index in [-0.39, 0.29) is 5.56 Å². The maximum Gasteiger partial charge on any atom is 0.134 e. The van der Waals surface area contributed by atoms with Gasteiger partial charge < -0.3 is 0 Å². The van der Waals surface area contributed by atoms with Crippen LogP contribution in [0.25, 0.3) is 11.1 Å². The first-order chi connectivity index (χ1) is 7.16. The molecule has 0 aliphatic rings. The van der Waals surface area contributed by atoms with Crippen molar-refractivity contribution in [3.63, 3.8) is 0 Å². The summed E-state index contributed by atoms with van der Waals surface area (Å²) in [7, 11) is 0. The topological polar surface area (TPSA) is 0 Å². The molecule has 15 heavy (non-hydrogen) atoms. The van der Waals surface area contributed by atoms with E-state index in [4.69, 9.17) is 0 Å². The highest BCUT2D eigenvalue weighted by molar-refractivity contribution is 5.63. The summed E-state index contributed by atoms with van der Waals surface area (Å²) < 4.78 is 38.7. The van der Waals surface area contributed by atoms with Crippen LogP contribution in [0, 0.1) is 23.5 Å². The Bertz CT molecular complexity index is 492. The summed E-state index contributed by atoms with van der Waals surface area (Å²) in [5.41, 5.74) is 0.406. The average molecular weight is 207 g/mol. The van der Waals surface area contributed by atoms with Crippen molar-refractivity contribution in [1.29, 1.82) is 0 Å². The maximum atomic E-state index is 13.3.